The minimum atomic E-state index is -0.495. The molecule has 14 heteroatoms. The lowest BCUT2D eigenvalue weighted by molar-refractivity contribution is -0.132. The number of hydrogen-bond donors (Lipinski definition) is 2. The van der Waals surface area contributed by atoms with Gasteiger partial charge in [0.15, 0.2) is 0 Å². The van der Waals surface area contributed by atoms with Gasteiger partial charge in [-0.3, -0.25) is 4.79 Å². The molecule has 2 atom stereocenters. The Hall–Kier alpha value is -3.80. The van der Waals surface area contributed by atoms with E-state index in [2.05, 4.69) is 16.3 Å². The summed E-state index contributed by atoms with van der Waals surface area (Å²) in [6.07, 6.45) is 1.31. The first kappa shape index (κ1) is 29.9. The van der Waals surface area contributed by atoms with Crippen molar-refractivity contribution in [3.8, 4) is 23.2 Å². The lowest BCUT2D eigenvalue weighted by atomic mass is 9.91. The van der Waals surface area contributed by atoms with Crippen molar-refractivity contribution in [1.82, 2.24) is 19.8 Å². The van der Waals surface area contributed by atoms with Crippen LogP contribution in [0.25, 0.3) is 32.1 Å². The van der Waals surface area contributed by atoms with Crippen LogP contribution in [-0.4, -0.2) is 84.8 Å². The van der Waals surface area contributed by atoms with Crippen LogP contribution in [0.2, 0.25) is 5.02 Å². The van der Waals surface area contributed by atoms with E-state index in [1.807, 2.05) is 7.05 Å². The molecule has 2 fully saturated rings. The average Bonchev–Trinajstić information content (AvgIpc) is 3.64. The number of aromatic nitrogens is 2. The van der Waals surface area contributed by atoms with Crippen LogP contribution in [0, 0.1) is 17.1 Å². The first-order valence-electron chi connectivity index (χ1n) is 14.7. The third-order valence-corrected chi connectivity index (χ3v) is 10.1. The molecule has 2 aromatic heterocycles. The maximum Gasteiger partial charge on any atom is 0.319 e. The molecule has 0 aliphatic carbocycles. The Bertz CT molecular complexity index is 1900. The number of thiophene rings is 1. The van der Waals surface area contributed by atoms with Gasteiger partial charge in [-0.2, -0.15) is 15.2 Å². The van der Waals surface area contributed by atoms with E-state index in [0.717, 1.165) is 35.4 Å². The summed E-state index contributed by atoms with van der Waals surface area (Å²) in [6.45, 7) is 3.52. The molecule has 3 aliphatic rings. The smallest absolute Gasteiger partial charge is 0.319 e. The van der Waals surface area contributed by atoms with Crippen molar-refractivity contribution in [3.05, 3.63) is 39.7 Å². The summed E-state index contributed by atoms with van der Waals surface area (Å²) in [4.78, 5) is 26.5. The Morgan fingerprint density at radius 2 is 2.07 bits per heavy atom. The highest BCUT2D eigenvalue weighted by molar-refractivity contribution is 7.23. The van der Waals surface area contributed by atoms with Gasteiger partial charge in [0.2, 0.25) is 5.91 Å². The van der Waals surface area contributed by atoms with Crippen LogP contribution in [0.15, 0.2) is 12.1 Å². The van der Waals surface area contributed by atoms with Gasteiger partial charge in [-0.05, 0) is 42.6 Å². The third-order valence-electron chi connectivity index (χ3n) is 8.69. The van der Waals surface area contributed by atoms with Gasteiger partial charge >= 0.3 is 6.01 Å². The molecule has 45 heavy (non-hydrogen) atoms. The van der Waals surface area contributed by atoms with Crippen LogP contribution in [0.3, 0.4) is 0 Å². The molecular formula is C31H31ClFN7O4S. The van der Waals surface area contributed by atoms with E-state index in [9.17, 15) is 14.4 Å². The van der Waals surface area contributed by atoms with E-state index in [1.165, 1.54) is 6.07 Å². The van der Waals surface area contributed by atoms with Gasteiger partial charge in [0, 0.05) is 37.6 Å². The summed E-state index contributed by atoms with van der Waals surface area (Å²) in [5.74, 6) is -0.0845. The largest absolute Gasteiger partial charge is 0.461 e. The summed E-state index contributed by atoms with van der Waals surface area (Å²) >= 11 is 8.29. The van der Waals surface area contributed by atoms with Crippen molar-refractivity contribution < 1.29 is 23.4 Å². The van der Waals surface area contributed by atoms with E-state index in [4.69, 9.17) is 41.5 Å². The van der Waals surface area contributed by atoms with Crippen LogP contribution in [0.4, 0.5) is 15.2 Å². The van der Waals surface area contributed by atoms with Gasteiger partial charge in [0.1, 0.15) is 41.5 Å². The molecule has 3 aliphatic heterocycles. The fourth-order valence-corrected chi connectivity index (χ4v) is 7.74. The molecule has 234 valence electrons. The number of amides is 1. The molecular weight excluding hydrogens is 621 g/mol. The lowest BCUT2D eigenvalue weighted by Crippen LogP contribution is -2.45. The number of likely N-dealkylation sites (N-methyl/N-ethyl adjacent to an activating group) is 2. The average molecular weight is 652 g/mol. The van der Waals surface area contributed by atoms with Crippen LogP contribution in [-0.2, 0) is 27.5 Å². The highest BCUT2D eigenvalue weighted by Crippen LogP contribution is 2.49. The molecule has 11 nitrogen and oxygen atoms in total. The zero-order chi connectivity index (χ0) is 31.4. The monoisotopic (exact) mass is 651 g/mol. The Balaban J connectivity index is 1.42. The number of likely N-dealkylation sites (tertiary alicyclic amines) is 1. The SMILES string of the molecule is CN1CCO[C@@H](COc2nc(N[C@@H]3CCCN(C)C3=O)c3c4c(c(-c5ccc(F)c6sc(N)c(C#N)c56)c(Cl)c3n2)COC4)C1. The van der Waals surface area contributed by atoms with Gasteiger partial charge in [-0.25, -0.2) is 4.39 Å². The number of nitrogens with two attached hydrogens (primary N) is 1. The second kappa shape index (κ2) is 11.9. The van der Waals surface area contributed by atoms with Crippen molar-refractivity contribution in [2.24, 2.45) is 0 Å². The lowest BCUT2D eigenvalue weighted by Gasteiger charge is -2.31. The van der Waals surface area contributed by atoms with Crippen LogP contribution >= 0.6 is 22.9 Å². The second-order valence-corrected chi connectivity index (χ2v) is 13.1. The number of morpholine rings is 1. The number of anilines is 2. The molecule has 2 saturated heterocycles. The fraction of sp³-hybridized carbons (Fsp3) is 0.419. The predicted molar refractivity (Wildman–Crippen MR) is 170 cm³/mol. The molecule has 0 radical (unpaired) electrons. The predicted octanol–water partition coefficient (Wildman–Crippen LogP) is 4.53. The maximum atomic E-state index is 15.0. The Labute approximate surface area is 267 Å². The molecule has 3 N–H and O–H groups in total. The molecule has 0 unspecified atom stereocenters. The number of piperidine rings is 1. The summed E-state index contributed by atoms with van der Waals surface area (Å²) in [6, 6.07) is 4.69. The zero-order valence-corrected chi connectivity index (χ0v) is 26.4. The fourth-order valence-electron chi connectivity index (χ4n) is 6.44. The van der Waals surface area contributed by atoms with Gasteiger partial charge in [0.05, 0.1) is 46.0 Å². The maximum absolute atomic E-state index is 15.0. The van der Waals surface area contributed by atoms with Gasteiger partial charge in [-0.1, -0.05) is 17.7 Å². The molecule has 0 spiro atoms. The number of nitriles is 1. The summed E-state index contributed by atoms with van der Waals surface area (Å²) < 4.78 is 33.2. The number of nitrogens with one attached hydrogen (secondary N) is 1. The number of ether oxygens (including phenoxy) is 3. The van der Waals surface area contributed by atoms with Gasteiger partial charge < -0.3 is 35.1 Å². The molecule has 7 rings (SSSR count). The Morgan fingerprint density at radius 3 is 2.87 bits per heavy atom. The van der Waals surface area contributed by atoms with Crippen molar-refractivity contribution in [1.29, 1.82) is 5.26 Å². The number of rotatable bonds is 6. The molecule has 0 saturated carbocycles. The summed E-state index contributed by atoms with van der Waals surface area (Å²) in [7, 11) is 3.81. The van der Waals surface area contributed by atoms with Crippen LogP contribution in [0.1, 0.15) is 29.5 Å². The standard InChI is InChI=1S/C31H31ClFN7O4S/c1-39-8-9-43-15(11-39)12-44-31-37-26-24(29(38-31)36-21-4-3-7-40(2)30(21)41)19-14-42-13-18(19)22(25(26)32)16-5-6-20(33)27-23(16)17(10-34)28(35)45-27/h5-6,15,21H,3-4,7-9,11-14,35H2,1-2H3,(H,36,37,38)/t15-,21-/m1/s1. The number of carbonyl (C=O) groups excluding carboxylic acids is 1. The van der Waals surface area contributed by atoms with Crippen molar-refractivity contribution in [2.75, 3.05) is 58.0 Å². The van der Waals surface area contributed by atoms with Crippen molar-refractivity contribution in [2.45, 2.75) is 38.2 Å². The van der Waals surface area contributed by atoms with Crippen LogP contribution < -0.4 is 15.8 Å². The highest BCUT2D eigenvalue weighted by Gasteiger charge is 2.33. The number of halogens is 2. The normalized spacial score (nSPS) is 20.5. The van der Waals surface area contributed by atoms with Crippen LogP contribution in [0.5, 0.6) is 6.01 Å². The minimum absolute atomic E-state index is 0.0301. The summed E-state index contributed by atoms with van der Waals surface area (Å²) in [5.41, 5.74) is 9.45. The topological polar surface area (TPSA) is 139 Å². The number of carbonyl (C=O) groups is 1. The number of nitrogen functional groups attached to an aromatic ring is 1. The molecule has 0 bridgehead atoms. The Kier molecular flexibility index (Phi) is 7.87. The third kappa shape index (κ3) is 5.20. The van der Waals surface area contributed by atoms with Crippen molar-refractivity contribution in [3.63, 3.8) is 0 Å². The summed E-state index contributed by atoms with van der Waals surface area (Å²) in [5, 5.41) is 14.9. The first-order chi connectivity index (χ1) is 21.7. The van der Waals surface area contributed by atoms with E-state index in [0.29, 0.717) is 59.4 Å². The molecule has 1 amide bonds. The van der Waals surface area contributed by atoms with Gasteiger partial charge in [-0.15, -0.1) is 11.3 Å². The second-order valence-electron chi connectivity index (χ2n) is 11.6. The number of hydrogen-bond acceptors (Lipinski definition) is 11. The van der Waals surface area contributed by atoms with E-state index in [1.54, 1.807) is 18.0 Å². The van der Waals surface area contributed by atoms with Gasteiger partial charge in [0.25, 0.3) is 0 Å². The molecule has 4 aromatic rings. The molecule has 2 aromatic carbocycles. The zero-order valence-electron chi connectivity index (χ0n) is 24.8. The molecule has 5 heterocycles. The van der Waals surface area contributed by atoms with E-state index < -0.39 is 11.9 Å². The van der Waals surface area contributed by atoms with Crippen molar-refractivity contribution >= 4 is 60.7 Å². The van der Waals surface area contributed by atoms with E-state index in [-0.39, 0.29) is 58.1 Å². The number of nitrogens with zero attached hydrogens (tertiary/aromatic N) is 5. The minimum Gasteiger partial charge on any atom is -0.461 e. The Morgan fingerprint density at radius 1 is 1.24 bits per heavy atom. The highest BCUT2D eigenvalue weighted by atomic mass is 35.5. The van der Waals surface area contributed by atoms with E-state index >= 15 is 0 Å². The number of benzene rings is 2. The quantitative estimate of drug-likeness (QED) is 0.306. The number of fused-ring (bicyclic) bond motifs is 4. The first-order valence-corrected chi connectivity index (χ1v) is 15.9.